The summed E-state index contributed by atoms with van der Waals surface area (Å²) in [6, 6.07) is 2.58. The third-order valence-electron chi connectivity index (χ3n) is 7.40. The van der Waals surface area contributed by atoms with Crippen LogP contribution in [0.15, 0.2) is 23.1 Å². The quantitative estimate of drug-likeness (QED) is 0.718. The maximum absolute atomic E-state index is 13.9. The number of hydrogen-bond acceptors (Lipinski definition) is 6. The Labute approximate surface area is 191 Å². The summed E-state index contributed by atoms with van der Waals surface area (Å²) in [6.07, 6.45) is 6.44. The molecule has 1 N–H and O–H groups in total. The zero-order valence-corrected chi connectivity index (χ0v) is 19.1. The van der Waals surface area contributed by atoms with E-state index < -0.39 is 29.3 Å². The van der Waals surface area contributed by atoms with E-state index in [1.54, 1.807) is 12.3 Å². The second-order valence-electron chi connectivity index (χ2n) is 9.38. The molecule has 9 nitrogen and oxygen atoms in total. The number of carbonyl (C=O) groups is 3. The fourth-order valence-corrected chi connectivity index (χ4v) is 5.66. The molecular weight excluding hydrogens is 422 g/mol. The Bertz CT molecular complexity index is 1220. The Morgan fingerprint density at radius 3 is 2.79 bits per heavy atom. The Kier molecular flexibility index (Phi) is 5.22. The van der Waals surface area contributed by atoms with E-state index in [1.807, 2.05) is 24.8 Å². The number of imide groups is 2. The van der Waals surface area contributed by atoms with Gasteiger partial charge in [-0.1, -0.05) is 32.3 Å². The highest BCUT2D eigenvalue weighted by Crippen LogP contribution is 2.45. The summed E-state index contributed by atoms with van der Waals surface area (Å²) in [7, 11) is 0. The van der Waals surface area contributed by atoms with Crippen LogP contribution in [0.25, 0.3) is 5.65 Å². The summed E-state index contributed by atoms with van der Waals surface area (Å²) in [4.78, 5) is 61.7. The number of aryl methyl sites for hydroxylation is 1. The summed E-state index contributed by atoms with van der Waals surface area (Å²) in [5.41, 5.74) is 0.0481. The SMILES string of the molecule is CCCCN1C(=O)NC(=O)[C@]2(Cc3c(nc4c(C)cccn4c3=O)N3CCCCC[C@@H]32)C1=O. The first-order valence-electron chi connectivity index (χ1n) is 11.8. The van der Waals surface area contributed by atoms with Crippen LogP contribution in [0.3, 0.4) is 0 Å². The molecule has 3 aliphatic heterocycles. The normalized spacial score (nSPS) is 25.2. The first-order chi connectivity index (χ1) is 15.9. The van der Waals surface area contributed by atoms with Crippen molar-refractivity contribution in [2.75, 3.05) is 18.0 Å². The van der Waals surface area contributed by atoms with Crippen molar-refractivity contribution in [3.05, 3.63) is 39.8 Å². The van der Waals surface area contributed by atoms with Gasteiger partial charge in [0, 0.05) is 25.7 Å². The van der Waals surface area contributed by atoms with Crippen LogP contribution in [0.5, 0.6) is 0 Å². The number of amides is 4. The number of pyridine rings is 1. The van der Waals surface area contributed by atoms with Gasteiger partial charge in [-0.25, -0.2) is 9.78 Å². The van der Waals surface area contributed by atoms with E-state index in [2.05, 4.69) is 5.32 Å². The minimum atomic E-state index is -1.52. The average Bonchev–Trinajstić information content (AvgIpc) is 3.05. The molecule has 0 saturated carbocycles. The van der Waals surface area contributed by atoms with Crippen LogP contribution in [-0.2, 0) is 16.0 Å². The first kappa shape index (κ1) is 21.6. The zero-order chi connectivity index (χ0) is 23.3. The largest absolute Gasteiger partial charge is 0.352 e. The number of carbonyl (C=O) groups excluding carboxylic acids is 3. The number of nitrogens with zero attached hydrogens (tertiary/aromatic N) is 4. The maximum atomic E-state index is 13.9. The number of hydrogen-bond donors (Lipinski definition) is 1. The van der Waals surface area contributed by atoms with E-state index in [0.29, 0.717) is 36.4 Å². The van der Waals surface area contributed by atoms with Gasteiger partial charge in [-0.05, 0) is 37.8 Å². The van der Waals surface area contributed by atoms with Gasteiger partial charge in [-0.3, -0.25) is 29.0 Å². The average molecular weight is 452 g/mol. The molecule has 1 spiro atoms. The predicted octanol–water partition coefficient (Wildman–Crippen LogP) is 2.17. The number of nitrogens with one attached hydrogen (secondary N) is 1. The molecule has 2 saturated heterocycles. The molecule has 2 fully saturated rings. The highest BCUT2D eigenvalue weighted by molar-refractivity contribution is 6.20. The third kappa shape index (κ3) is 3.08. The minimum Gasteiger partial charge on any atom is -0.352 e. The van der Waals surface area contributed by atoms with E-state index in [1.165, 1.54) is 9.30 Å². The molecule has 4 amide bonds. The topological polar surface area (TPSA) is 104 Å². The van der Waals surface area contributed by atoms with Gasteiger partial charge in [-0.2, -0.15) is 0 Å². The van der Waals surface area contributed by atoms with Gasteiger partial charge in [0.2, 0.25) is 11.8 Å². The molecule has 3 aliphatic rings. The van der Waals surface area contributed by atoms with Crippen LogP contribution >= 0.6 is 0 Å². The Morgan fingerprint density at radius 2 is 2.00 bits per heavy atom. The van der Waals surface area contributed by atoms with Crippen LogP contribution in [0.4, 0.5) is 10.6 Å². The van der Waals surface area contributed by atoms with E-state index in [0.717, 1.165) is 31.2 Å². The van der Waals surface area contributed by atoms with Crippen molar-refractivity contribution < 1.29 is 14.4 Å². The number of anilines is 1. The van der Waals surface area contributed by atoms with Crippen LogP contribution in [0.1, 0.15) is 56.6 Å². The minimum absolute atomic E-state index is 0.0488. The molecule has 0 aromatic carbocycles. The van der Waals surface area contributed by atoms with Gasteiger partial charge >= 0.3 is 6.03 Å². The van der Waals surface area contributed by atoms with Gasteiger partial charge in [0.25, 0.3) is 5.56 Å². The number of barbiturate groups is 1. The summed E-state index contributed by atoms with van der Waals surface area (Å²) < 4.78 is 1.49. The Morgan fingerprint density at radius 1 is 1.18 bits per heavy atom. The third-order valence-corrected chi connectivity index (χ3v) is 7.40. The molecule has 5 rings (SSSR count). The molecule has 5 heterocycles. The lowest BCUT2D eigenvalue weighted by Gasteiger charge is -2.50. The molecular formula is C24H29N5O4. The van der Waals surface area contributed by atoms with Crippen molar-refractivity contribution in [3.8, 4) is 0 Å². The monoisotopic (exact) mass is 451 g/mol. The highest BCUT2D eigenvalue weighted by Gasteiger charge is 2.62. The van der Waals surface area contributed by atoms with E-state index in [9.17, 15) is 19.2 Å². The number of aromatic nitrogens is 2. The molecule has 2 aromatic rings. The van der Waals surface area contributed by atoms with Gasteiger partial charge in [0.1, 0.15) is 11.5 Å². The fourth-order valence-electron chi connectivity index (χ4n) is 5.66. The lowest BCUT2D eigenvalue weighted by molar-refractivity contribution is -0.153. The van der Waals surface area contributed by atoms with Crippen LogP contribution in [-0.4, -0.2) is 51.3 Å². The standard InChI is InChI=1S/C24H29N5O4/c1-3-4-11-29-22(32)24(21(31)26-23(29)33)14-16-19(27-12-7-5-6-10-17(24)27)25-18-15(2)9-8-13-28(18)20(16)30/h8-9,13,17H,3-7,10-12,14H2,1-2H3,(H,26,31,33)/t17-,24-/m1/s1. The van der Waals surface area contributed by atoms with Crippen molar-refractivity contribution >= 4 is 29.3 Å². The van der Waals surface area contributed by atoms with Crippen molar-refractivity contribution in [1.29, 1.82) is 0 Å². The van der Waals surface area contributed by atoms with Gasteiger partial charge < -0.3 is 4.90 Å². The number of rotatable bonds is 3. The van der Waals surface area contributed by atoms with Crippen molar-refractivity contribution in [3.63, 3.8) is 0 Å². The second-order valence-corrected chi connectivity index (χ2v) is 9.38. The zero-order valence-electron chi connectivity index (χ0n) is 19.1. The van der Waals surface area contributed by atoms with Crippen LogP contribution in [0, 0.1) is 12.3 Å². The molecule has 0 bridgehead atoms. The molecule has 0 unspecified atom stereocenters. The van der Waals surface area contributed by atoms with E-state index in [-0.39, 0.29) is 18.5 Å². The Hall–Kier alpha value is -3.23. The number of urea groups is 1. The van der Waals surface area contributed by atoms with Crippen LogP contribution in [0.2, 0.25) is 0 Å². The highest BCUT2D eigenvalue weighted by atomic mass is 16.2. The van der Waals surface area contributed by atoms with Crippen molar-refractivity contribution in [2.24, 2.45) is 5.41 Å². The van der Waals surface area contributed by atoms with Gasteiger partial charge in [0.15, 0.2) is 5.41 Å². The predicted molar refractivity (Wildman–Crippen MR) is 122 cm³/mol. The maximum Gasteiger partial charge on any atom is 0.330 e. The number of fused-ring (bicyclic) bond motifs is 5. The van der Waals surface area contributed by atoms with Gasteiger partial charge in [0.05, 0.1) is 11.6 Å². The first-order valence-corrected chi connectivity index (χ1v) is 11.8. The van der Waals surface area contributed by atoms with E-state index in [4.69, 9.17) is 4.98 Å². The fraction of sp³-hybridized carbons (Fsp3) is 0.542. The summed E-state index contributed by atoms with van der Waals surface area (Å²) in [5.74, 6) is -0.507. The van der Waals surface area contributed by atoms with E-state index >= 15 is 0 Å². The summed E-state index contributed by atoms with van der Waals surface area (Å²) >= 11 is 0. The molecule has 0 radical (unpaired) electrons. The molecule has 2 atom stereocenters. The molecule has 9 heteroatoms. The van der Waals surface area contributed by atoms with Crippen LogP contribution < -0.4 is 15.8 Å². The lowest BCUT2D eigenvalue weighted by atomic mass is 9.68. The second kappa shape index (κ2) is 7.97. The van der Waals surface area contributed by atoms with Crippen molar-refractivity contribution in [1.82, 2.24) is 19.6 Å². The number of unbranched alkanes of at least 4 members (excludes halogenated alkanes) is 1. The molecule has 174 valence electrons. The van der Waals surface area contributed by atoms with Gasteiger partial charge in [-0.15, -0.1) is 0 Å². The van der Waals surface area contributed by atoms with Crippen molar-refractivity contribution in [2.45, 2.75) is 64.8 Å². The molecule has 33 heavy (non-hydrogen) atoms. The Balaban J connectivity index is 1.74. The molecule has 0 aliphatic carbocycles. The lowest BCUT2D eigenvalue weighted by Crippen LogP contribution is -2.72. The smallest absolute Gasteiger partial charge is 0.330 e. The molecule has 2 aromatic heterocycles. The summed E-state index contributed by atoms with van der Waals surface area (Å²) in [6.45, 7) is 4.76. The summed E-state index contributed by atoms with van der Waals surface area (Å²) in [5, 5.41) is 2.45.